The number of allylic oxidation sites excluding steroid dienone is 1. The molecule has 2 aliphatic heterocycles. The summed E-state index contributed by atoms with van der Waals surface area (Å²) in [7, 11) is 1.60. The summed E-state index contributed by atoms with van der Waals surface area (Å²) < 4.78 is 35.3. The van der Waals surface area contributed by atoms with E-state index >= 15 is 0 Å². The fraction of sp³-hybridized carbons (Fsp3) is 0.324. The number of morpholine rings is 1. The number of halogens is 2. The van der Waals surface area contributed by atoms with Crippen LogP contribution in [0, 0.1) is 41.5 Å². The highest BCUT2D eigenvalue weighted by atomic mass is 19.2. The monoisotopic (exact) mass is 682 g/mol. The Bertz CT molecular complexity index is 2050. The SMILES string of the molecule is Cc1c(C(=O)NCC#CC2=Cc3ccc(Nc4ccc(N5CCOCC5)cc4)nc3C(C(C)C)N2[O-])c(=O)n(Cc2ccc(F)c(F)c2)n1C. The Hall–Kier alpha value is -5.45. The Morgan fingerprint density at radius 1 is 1.08 bits per heavy atom. The molecule has 1 unspecified atom stereocenters. The fourth-order valence-corrected chi connectivity index (χ4v) is 6.15. The predicted molar refractivity (Wildman–Crippen MR) is 188 cm³/mol. The molecule has 2 aliphatic rings. The molecule has 0 radical (unpaired) electrons. The minimum absolute atomic E-state index is 0.0543. The highest BCUT2D eigenvalue weighted by Crippen LogP contribution is 2.37. The van der Waals surface area contributed by atoms with Crippen LogP contribution in [0.4, 0.5) is 26.0 Å². The van der Waals surface area contributed by atoms with Crippen LogP contribution in [-0.2, 0) is 18.3 Å². The van der Waals surface area contributed by atoms with E-state index in [1.807, 2.05) is 38.1 Å². The standard InChI is InChI=1S/C37H38F2N7O4/c1-23(2)35-34-26(8-14-32(42-34)41-27-9-11-28(12-10-27)44-16-18-50-19-17-44)21-29(46(35)49)6-5-15-40-36(47)33-24(3)43(4)45(37(33)48)22-25-7-13-30(38)31(39)20-25/h7-14,20-21,23,35H,15-19,22H2,1-4H3,(H,40,47)(H,41,42)/q-1. The molecule has 2 aromatic heterocycles. The van der Waals surface area contributed by atoms with Gasteiger partial charge in [-0.3, -0.25) is 14.3 Å². The number of carbonyl (C=O) groups is 1. The second kappa shape index (κ2) is 14.6. The van der Waals surface area contributed by atoms with Crippen molar-refractivity contribution in [1.29, 1.82) is 0 Å². The molecule has 50 heavy (non-hydrogen) atoms. The first-order valence-electron chi connectivity index (χ1n) is 16.4. The summed E-state index contributed by atoms with van der Waals surface area (Å²) in [5, 5.41) is 20.4. The van der Waals surface area contributed by atoms with Gasteiger partial charge in [0.1, 0.15) is 11.4 Å². The highest BCUT2D eigenvalue weighted by molar-refractivity contribution is 5.95. The fourth-order valence-electron chi connectivity index (χ4n) is 6.15. The zero-order chi connectivity index (χ0) is 35.5. The number of pyridine rings is 1. The van der Waals surface area contributed by atoms with E-state index in [-0.39, 0.29) is 30.3 Å². The Morgan fingerprint density at radius 2 is 1.82 bits per heavy atom. The van der Waals surface area contributed by atoms with Gasteiger partial charge in [-0.1, -0.05) is 25.8 Å². The minimum Gasteiger partial charge on any atom is -0.757 e. The minimum atomic E-state index is -1.02. The molecule has 1 saturated heterocycles. The Morgan fingerprint density at radius 3 is 2.52 bits per heavy atom. The Labute approximate surface area is 288 Å². The number of rotatable bonds is 8. The summed E-state index contributed by atoms with van der Waals surface area (Å²) in [5.41, 5.74) is 3.76. The first kappa shape index (κ1) is 34.4. The maximum Gasteiger partial charge on any atom is 0.280 e. The molecule has 2 N–H and O–H groups in total. The van der Waals surface area contributed by atoms with E-state index in [2.05, 4.69) is 39.5 Å². The lowest BCUT2D eigenvalue weighted by Crippen LogP contribution is -2.36. The van der Waals surface area contributed by atoms with Crippen LogP contribution in [0.15, 0.2) is 65.1 Å². The topological polar surface area (TPSA) is 120 Å². The van der Waals surface area contributed by atoms with E-state index < -0.39 is 29.1 Å². The number of anilines is 3. The molecule has 1 amide bonds. The molecule has 0 aliphatic carbocycles. The normalized spacial score (nSPS) is 15.7. The molecule has 1 fully saturated rings. The number of nitrogens with zero attached hydrogens (tertiary/aromatic N) is 5. The number of nitrogens with one attached hydrogen (secondary N) is 2. The summed E-state index contributed by atoms with van der Waals surface area (Å²) in [6, 6.07) is 14.7. The van der Waals surface area contributed by atoms with Crippen LogP contribution in [0.1, 0.15) is 52.8 Å². The van der Waals surface area contributed by atoms with Gasteiger partial charge in [0.15, 0.2) is 11.6 Å². The molecule has 0 saturated carbocycles. The average Bonchev–Trinajstić information content (AvgIpc) is 3.31. The van der Waals surface area contributed by atoms with E-state index in [4.69, 9.17) is 9.72 Å². The molecule has 4 heterocycles. The quantitative estimate of drug-likeness (QED) is 0.247. The number of amides is 1. The van der Waals surface area contributed by atoms with Crippen LogP contribution >= 0.6 is 0 Å². The number of ether oxygens (including phenoxy) is 1. The summed E-state index contributed by atoms with van der Waals surface area (Å²) in [6.07, 6.45) is 1.68. The van der Waals surface area contributed by atoms with Crippen molar-refractivity contribution >= 4 is 29.2 Å². The van der Waals surface area contributed by atoms with Crippen molar-refractivity contribution in [3.05, 3.63) is 116 Å². The molecule has 11 nitrogen and oxygen atoms in total. The van der Waals surface area contributed by atoms with Crippen LogP contribution in [0.5, 0.6) is 0 Å². The van der Waals surface area contributed by atoms with Crippen molar-refractivity contribution in [2.24, 2.45) is 13.0 Å². The smallest absolute Gasteiger partial charge is 0.280 e. The van der Waals surface area contributed by atoms with Crippen molar-refractivity contribution in [1.82, 2.24) is 24.7 Å². The van der Waals surface area contributed by atoms with Crippen LogP contribution in [0.25, 0.3) is 6.08 Å². The number of fused-ring (bicyclic) bond motifs is 1. The van der Waals surface area contributed by atoms with Crippen molar-refractivity contribution in [3.8, 4) is 11.8 Å². The van der Waals surface area contributed by atoms with Crippen LogP contribution < -0.4 is 21.1 Å². The van der Waals surface area contributed by atoms with Crippen molar-refractivity contribution in [2.45, 2.75) is 33.4 Å². The summed E-state index contributed by atoms with van der Waals surface area (Å²) in [5.74, 6) is 3.60. The zero-order valence-electron chi connectivity index (χ0n) is 28.3. The lowest BCUT2D eigenvalue weighted by Gasteiger charge is -2.44. The van der Waals surface area contributed by atoms with Crippen molar-refractivity contribution < 1.29 is 18.3 Å². The molecular weight excluding hydrogens is 644 g/mol. The van der Waals surface area contributed by atoms with Gasteiger partial charge in [0.2, 0.25) is 0 Å². The maximum absolute atomic E-state index is 13.7. The van der Waals surface area contributed by atoms with E-state index in [0.717, 1.165) is 60.4 Å². The van der Waals surface area contributed by atoms with E-state index in [0.29, 0.717) is 22.8 Å². The number of hydrogen-bond donors (Lipinski definition) is 2. The van der Waals surface area contributed by atoms with Gasteiger partial charge in [0.05, 0.1) is 43.7 Å². The van der Waals surface area contributed by atoms with Crippen LogP contribution in [0.3, 0.4) is 0 Å². The van der Waals surface area contributed by atoms with Gasteiger partial charge in [0.25, 0.3) is 11.5 Å². The Kier molecular flexibility index (Phi) is 10.0. The van der Waals surface area contributed by atoms with Gasteiger partial charge in [-0.15, -0.1) is 0 Å². The molecule has 13 heteroatoms. The van der Waals surface area contributed by atoms with E-state index in [9.17, 15) is 23.6 Å². The Balaban J connectivity index is 1.14. The number of benzene rings is 2. The van der Waals surface area contributed by atoms with Crippen molar-refractivity contribution in [2.75, 3.05) is 43.1 Å². The molecule has 6 rings (SSSR count). The van der Waals surface area contributed by atoms with Crippen LogP contribution in [0.2, 0.25) is 0 Å². The number of carbonyl (C=O) groups excluding carboxylic acids is 1. The molecule has 4 aromatic rings. The summed E-state index contributed by atoms with van der Waals surface area (Å²) >= 11 is 0. The molecule has 260 valence electrons. The van der Waals surface area contributed by atoms with Gasteiger partial charge in [-0.05, 0) is 78.9 Å². The molecule has 2 aromatic carbocycles. The number of aromatic nitrogens is 3. The third-order valence-corrected chi connectivity index (χ3v) is 8.92. The summed E-state index contributed by atoms with van der Waals surface area (Å²) in [4.78, 5) is 33.3. The van der Waals surface area contributed by atoms with Crippen molar-refractivity contribution in [3.63, 3.8) is 0 Å². The van der Waals surface area contributed by atoms with E-state index in [1.54, 1.807) is 20.0 Å². The lowest BCUT2D eigenvalue weighted by atomic mass is 9.92. The lowest BCUT2D eigenvalue weighted by molar-refractivity contribution is 0.0956. The van der Waals surface area contributed by atoms with Gasteiger partial charge in [-0.25, -0.2) is 18.4 Å². The molecule has 0 spiro atoms. The predicted octanol–water partition coefficient (Wildman–Crippen LogP) is 5.08. The van der Waals surface area contributed by atoms with Crippen LogP contribution in [-0.4, -0.2) is 58.2 Å². The molecule has 0 bridgehead atoms. The van der Waals surface area contributed by atoms with Gasteiger partial charge >= 0.3 is 0 Å². The van der Waals surface area contributed by atoms with Gasteiger partial charge in [-0.2, -0.15) is 0 Å². The zero-order valence-corrected chi connectivity index (χ0v) is 28.3. The second-order valence-electron chi connectivity index (χ2n) is 12.6. The second-order valence-corrected chi connectivity index (χ2v) is 12.6. The maximum atomic E-state index is 13.7. The summed E-state index contributed by atoms with van der Waals surface area (Å²) in [6.45, 7) is 8.49. The van der Waals surface area contributed by atoms with E-state index in [1.165, 1.54) is 15.4 Å². The number of hydroxylamine groups is 2. The first-order chi connectivity index (χ1) is 24.0. The average molecular weight is 683 g/mol. The first-order valence-corrected chi connectivity index (χ1v) is 16.4. The highest BCUT2D eigenvalue weighted by Gasteiger charge is 2.27. The van der Waals surface area contributed by atoms with Gasteiger partial charge < -0.3 is 30.5 Å². The van der Waals surface area contributed by atoms with Gasteiger partial charge in [0, 0.05) is 42.8 Å². The largest absolute Gasteiger partial charge is 0.757 e. The molecular formula is C37H38F2N7O4-. The third-order valence-electron chi connectivity index (χ3n) is 8.92. The number of hydrogen-bond acceptors (Lipinski definition) is 8. The molecule has 1 atom stereocenters. The third kappa shape index (κ3) is 7.12.